The minimum absolute atomic E-state index is 0.0103. The van der Waals surface area contributed by atoms with Gasteiger partial charge in [-0.3, -0.25) is 9.59 Å². The molecular formula is C21H17F5N2O3. The van der Waals surface area contributed by atoms with Gasteiger partial charge in [-0.25, -0.2) is 0 Å². The summed E-state index contributed by atoms with van der Waals surface area (Å²) in [6.07, 6.45) is -1.03. The Morgan fingerprint density at radius 1 is 1.03 bits per heavy atom. The molecule has 0 aromatic heterocycles. The topological polar surface area (TPSA) is 67.4 Å². The summed E-state index contributed by atoms with van der Waals surface area (Å²) in [6, 6.07) is 8.44. The fourth-order valence-corrected chi connectivity index (χ4v) is 2.66. The number of benzene rings is 2. The van der Waals surface area contributed by atoms with Gasteiger partial charge in [0.2, 0.25) is 11.8 Å². The maximum Gasteiger partial charge on any atom is 0.418 e. The molecule has 10 heteroatoms. The Labute approximate surface area is 173 Å². The molecule has 31 heavy (non-hydrogen) atoms. The molecule has 3 rings (SSSR count). The Balaban J connectivity index is 1.69. The molecule has 164 valence electrons. The van der Waals surface area contributed by atoms with E-state index in [-0.39, 0.29) is 23.3 Å². The first-order valence-electron chi connectivity index (χ1n) is 9.18. The van der Waals surface area contributed by atoms with Gasteiger partial charge in [-0.2, -0.15) is 22.0 Å². The van der Waals surface area contributed by atoms with Crippen LogP contribution in [-0.2, 0) is 15.8 Å². The minimum Gasteiger partial charge on any atom is -0.435 e. The van der Waals surface area contributed by atoms with Gasteiger partial charge >= 0.3 is 12.8 Å². The third-order valence-corrected chi connectivity index (χ3v) is 4.33. The number of nitrogens with one attached hydrogen (secondary N) is 2. The summed E-state index contributed by atoms with van der Waals surface area (Å²) in [4.78, 5) is 23.9. The number of alkyl halides is 5. The summed E-state index contributed by atoms with van der Waals surface area (Å²) < 4.78 is 68.7. The first kappa shape index (κ1) is 22.3. The molecule has 0 unspecified atom stereocenters. The largest absolute Gasteiger partial charge is 0.435 e. The molecule has 0 aliphatic heterocycles. The third kappa shape index (κ3) is 6.53. The highest BCUT2D eigenvalue weighted by Crippen LogP contribution is 2.37. The second-order valence-electron chi connectivity index (χ2n) is 6.79. The van der Waals surface area contributed by atoms with Crippen LogP contribution in [-0.4, -0.2) is 18.4 Å². The second-order valence-corrected chi connectivity index (χ2v) is 6.79. The van der Waals surface area contributed by atoms with Crippen LogP contribution < -0.4 is 15.4 Å². The number of amides is 2. The van der Waals surface area contributed by atoms with Crippen LogP contribution in [0.1, 0.15) is 24.0 Å². The molecular weight excluding hydrogens is 423 g/mol. The highest BCUT2D eigenvalue weighted by Gasteiger charge is 2.35. The van der Waals surface area contributed by atoms with E-state index in [2.05, 4.69) is 15.4 Å². The van der Waals surface area contributed by atoms with E-state index in [1.54, 1.807) is 0 Å². The number of halogens is 5. The quantitative estimate of drug-likeness (QED) is 0.453. The van der Waals surface area contributed by atoms with Crippen molar-refractivity contribution in [2.45, 2.75) is 25.6 Å². The van der Waals surface area contributed by atoms with Gasteiger partial charge in [-0.15, -0.1) is 0 Å². The Morgan fingerprint density at radius 3 is 2.29 bits per heavy atom. The van der Waals surface area contributed by atoms with Gasteiger partial charge in [-0.05, 0) is 54.8 Å². The maximum absolute atomic E-state index is 13.4. The molecule has 1 saturated carbocycles. The van der Waals surface area contributed by atoms with Crippen molar-refractivity contribution in [3.63, 3.8) is 0 Å². The van der Waals surface area contributed by atoms with E-state index in [4.69, 9.17) is 0 Å². The second kappa shape index (κ2) is 9.15. The average molecular weight is 440 g/mol. The lowest BCUT2D eigenvalue weighted by Gasteiger charge is -2.15. The fraction of sp³-hybridized carbons (Fsp3) is 0.238. The van der Waals surface area contributed by atoms with Crippen LogP contribution in [0.2, 0.25) is 0 Å². The summed E-state index contributed by atoms with van der Waals surface area (Å²) in [5, 5.41) is 4.60. The molecule has 1 aliphatic carbocycles. The molecule has 2 N–H and O–H groups in total. The molecule has 0 spiro atoms. The highest BCUT2D eigenvalue weighted by molar-refractivity contribution is 6.02. The third-order valence-electron chi connectivity index (χ3n) is 4.33. The van der Waals surface area contributed by atoms with Crippen molar-refractivity contribution in [3.8, 4) is 5.75 Å². The van der Waals surface area contributed by atoms with E-state index in [0.29, 0.717) is 18.4 Å². The first-order valence-corrected chi connectivity index (χ1v) is 9.18. The molecule has 0 saturated heterocycles. The van der Waals surface area contributed by atoms with Crippen molar-refractivity contribution in [1.29, 1.82) is 0 Å². The van der Waals surface area contributed by atoms with Crippen LogP contribution in [0.4, 0.5) is 33.3 Å². The number of hydrogen-bond acceptors (Lipinski definition) is 3. The molecule has 1 fully saturated rings. The lowest BCUT2D eigenvalue weighted by atomic mass is 10.1. The average Bonchev–Trinajstić information content (AvgIpc) is 3.53. The van der Waals surface area contributed by atoms with Gasteiger partial charge in [-0.1, -0.05) is 12.1 Å². The van der Waals surface area contributed by atoms with Gasteiger partial charge in [0.25, 0.3) is 0 Å². The molecule has 2 aromatic carbocycles. The van der Waals surface area contributed by atoms with Crippen LogP contribution >= 0.6 is 0 Å². The summed E-state index contributed by atoms with van der Waals surface area (Å²) in [6.45, 7) is -2.97. The van der Waals surface area contributed by atoms with E-state index < -0.39 is 29.9 Å². The van der Waals surface area contributed by atoms with Crippen LogP contribution in [0.25, 0.3) is 6.08 Å². The summed E-state index contributed by atoms with van der Waals surface area (Å²) >= 11 is 0. The zero-order chi connectivity index (χ0) is 22.6. The van der Waals surface area contributed by atoms with Crippen LogP contribution in [0.5, 0.6) is 5.75 Å². The number of carbonyl (C=O) groups is 2. The molecule has 0 bridgehead atoms. The lowest BCUT2D eigenvalue weighted by molar-refractivity contribution is -0.137. The Bertz CT molecular complexity index is 983. The molecule has 1 aliphatic rings. The Kier molecular flexibility index (Phi) is 6.57. The Morgan fingerprint density at radius 2 is 1.71 bits per heavy atom. The van der Waals surface area contributed by atoms with Crippen molar-refractivity contribution in [3.05, 3.63) is 59.7 Å². The number of ether oxygens (including phenoxy) is 1. The smallest absolute Gasteiger partial charge is 0.418 e. The summed E-state index contributed by atoms with van der Waals surface area (Å²) in [7, 11) is 0. The number of rotatable bonds is 7. The number of hydrogen-bond donors (Lipinski definition) is 2. The minimum atomic E-state index is -4.76. The molecule has 2 amide bonds. The van der Waals surface area contributed by atoms with E-state index >= 15 is 0 Å². The van der Waals surface area contributed by atoms with Crippen molar-refractivity contribution in [2.75, 3.05) is 10.6 Å². The van der Waals surface area contributed by atoms with Crippen molar-refractivity contribution in [1.82, 2.24) is 0 Å². The molecule has 0 heterocycles. The van der Waals surface area contributed by atoms with Crippen LogP contribution in [0.3, 0.4) is 0 Å². The highest BCUT2D eigenvalue weighted by atomic mass is 19.4. The first-order chi connectivity index (χ1) is 14.6. The van der Waals surface area contributed by atoms with E-state index in [1.165, 1.54) is 36.4 Å². The van der Waals surface area contributed by atoms with Gasteiger partial charge in [0.05, 0.1) is 11.3 Å². The number of anilines is 2. The zero-order valence-corrected chi connectivity index (χ0v) is 15.9. The van der Waals surface area contributed by atoms with Gasteiger partial charge in [0.15, 0.2) is 0 Å². The molecule has 0 atom stereocenters. The summed E-state index contributed by atoms with van der Waals surface area (Å²) in [5.41, 5.74) is -1.13. The van der Waals surface area contributed by atoms with E-state index in [9.17, 15) is 31.5 Å². The maximum atomic E-state index is 13.4. The predicted molar refractivity (Wildman–Crippen MR) is 104 cm³/mol. The van der Waals surface area contributed by atoms with Crippen LogP contribution in [0.15, 0.2) is 48.5 Å². The van der Waals surface area contributed by atoms with E-state index in [1.807, 2.05) is 0 Å². The van der Waals surface area contributed by atoms with E-state index in [0.717, 1.165) is 18.2 Å². The van der Waals surface area contributed by atoms with Crippen molar-refractivity contribution in [2.24, 2.45) is 5.92 Å². The van der Waals surface area contributed by atoms with Crippen molar-refractivity contribution >= 4 is 29.3 Å². The monoisotopic (exact) mass is 440 g/mol. The Hall–Kier alpha value is -3.43. The van der Waals surface area contributed by atoms with Gasteiger partial charge in [0.1, 0.15) is 5.75 Å². The predicted octanol–water partition coefficient (Wildman–Crippen LogP) is 5.31. The van der Waals surface area contributed by atoms with Gasteiger partial charge in [0, 0.05) is 17.7 Å². The standard InChI is InChI=1S/C21H17F5N2O3/c22-20(23)31-15-7-1-12(2-8-15)3-10-18(29)28-17-9-6-14(11-16(17)21(24,25)26)27-19(30)13-4-5-13/h1-3,6-11,13,20H,4-5H2,(H,27,30)(H,28,29). The summed E-state index contributed by atoms with van der Waals surface area (Å²) in [5.74, 6) is -1.40. The van der Waals surface area contributed by atoms with Gasteiger partial charge < -0.3 is 15.4 Å². The van der Waals surface area contributed by atoms with Crippen molar-refractivity contribution < 1.29 is 36.3 Å². The molecule has 2 aromatic rings. The normalized spacial score (nSPS) is 14.0. The zero-order valence-electron chi connectivity index (χ0n) is 15.9. The molecule has 5 nitrogen and oxygen atoms in total. The molecule has 0 radical (unpaired) electrons. The number of carbonyl (C=O) groups excluding carboxylic acids is 2. The fourth-order valence-electron chi connectivity index (χ4n) is 2.66. The SMILES string of the molecule is O=C(C=Cc1ccc(OC(F)F)cc1)Nc1ccc(NC(=O)C2CC2)cc1C(F)(F)F. The lowest BCUT2D eigenvalue weighted by Crippen LogP contribution is -2.17. The van der Waals surface area contributed by atoms with Crippen LogP contribution in [0, 0.1) is 5.92 Å².